The first kappa shape index (κ1) is 88.1. The topological polar surface area (TPSA) is 234 Å². The number of nitrogens with one attached hydrogen (secondary N) is 9. The van der Waals surface area contributed by atoms with Gasteiger partial charge in [0, 0.05) is 55.4 Å². The van der Waals surface area contributed by atoms with Gasteiger partial charge in [-0.1, -0.05) is 157 Å². The third-order valence-electron chi connectivity index (χ3n) is 28.2. The van der Waals surface area contributed by atoms with Gasteiger partial charge in [-0.3, -0.25) is 0 Å². The van der Waals surface area contributed by atoms with Crippen molar-refractivity contribution in [3.63, 3.8) is 0 Å². The molecule has 3 aromatic heterocycles. The van der Waals surface area contributed by atoms with Crippen LogP contribution in [0, 0.1) is 59.2 Å². The molecule has 1 aromatic carbocycles. The molecule has 0 saturated heterocycles. The highest BCUT2D eigenvalue weighted by Crippen LogP contribution is 2.59. The van der Waals surface area contributed by atoms with Crippen molar-refractivity contribution in [3.05, 3.63) is 35.9 Å². The summed E-state index contributed by atoms with van der Waals surface area (Å²) in [5.74, 6) is 15.4. The normalized spacial score (nSPS) is 27.7. The van der Waals surface area contributed by atoms with Gasteiger partial charge in [0.25, 0.3) is 0 Å². The van der Waals surface area contributed by atoms with E-state index in [1.54, 1.807) is 0 Å². The molecule has 14 aliphatic carbocycles. The summed E-state index contributed by atoms with van der Waals surface area (Å²) < 4.78 is 0. The van der Waals surface area contributed by atoms with E-state index in [0.717, 1.165) is 192 Å². The fraction of sp³-hybridized carbons (Fsp3) is 0.837. The van der Waals surface area contributed by atoms with E-state index in [2.05, 4.69) is 134 Å². The van der Waals surface area contributed by atoms with Crippen LogP contribution in [0.4, 0.5) is 53.5 Å². The number of unbranched alkanes of at least 4 members (excludes halogenated alkanes) is 4. The largest absolute Gasteiger partial charge is 0.354 e. The third-order valence-corrected chi connectivity index (χ3v) is 28.2. The number of hydrogen-bond acceptors (Lipinski definition) is 21. The predicted molar refractivity (Wildman–Crippen MR) is 475 cm³/mol. The second-order valence-electron chi connectivity index (χ2n) is 37.7. The Bertz CT molecular complexity index is 3210. The van der Waals surface area contributed by atoms with Gasteiger partial charge < -0.3 is 62.6 Å². The molecule has 0 spiro atoms. The van der Waals surface area contributed by atoms with Crippen LogP contribution < -0.4 is 47.9 Å². The summed E-state index contributed by atoms with van der Waals surface area (Å²) in [5, 5.41) is 33.1. The van der Waals surface area contributed by atoms with E-state index in [-0.39, 0.29) is 31.5 Å². The fourth-order valence-corrected chi connectivity index (χ4v) is 23.7. The predicted octanol–water partition coefficient (Wildman–Crippen LogP) is 20.4. The van der Waals surface area contributed by atoms with Crippen molar-refractivity contribution in [2.75, 3.05) is 139 Å². The molecule has 113 heavy (non-hydrogen) atoms. The molecule has 0 aliphatic heterocycles. The molecular weight excluding hydrogens is 1400 g/mol. The maximum Gasteiger partial charge on any atom is 0.229 e. The second kappa shape index (κ2) is 44.8. The second-order valence-corrected chi connectivity index (χ2v) is 37.7. The lowest BCUT2D eigenvalue weighted by atomic mass is 9.53. The van der Waals surface area contributed by atoms with Crippen molar-refractivity contribution in [3.8, 4) is 0 Å². The van der Waals surface area contributed by atoms with Gasteiger partial charge in [0.2, 0.25) is 53.5 Å². The van der Waals surface area contributed by atoms with Crippen LogP contribution in [0.25, 0.3) is 0 Å². The molecule has 21 nitrogen and oxygen atoms in total. The number of nitrogens with zero attached hydrogens (tertiary/aromatic N) is 12. The summed E-state index contributed by atoms with van der Waals surface area (Å²) in [4.78, 5) is 51.6. The standard InChI is InChI=1S/2C31H55N7.C28H43N7.2CH4/c1-3-5-14-38(15-6-4-2)16-10-13-32-28-34-29(33-23-24-11-8-7-9-12-24)36-30(35-28)37-31-20-25-17-26(21-31)19-27(18-25)22-31;1-3-5-15-38(16-6-4-2)17-11-14-32-28-34-29(33-27-12-9-7-8-10-13-27)36-30(35-28)37-31-21-24-18-25(22-31)20-26(19-24)23-31;1-3-35(4-2)14-8-12-29-25-31-26(30-13-11-21-9-6-5-7-10-21)33-27(32-25)34-28-18-22-15-23(19-28)17-24(16-22)20-28;;/h2*24-27H,3-23H2,1-2H3,(H3,32,33,34,35,36,37);5-7,9-10,22-24H,3-4,8,11-20H2,1-2H3,(H3,29,30,31,32,33,34);2*1H4. The molecule has 21 heteroatoms. The van der Waals surface area contributed by atoms with E-state index in [9.17, 15) is 0 Å². The summed E-state index contributed by atoms with van der Waals surface area (Å²) in [6, 6.07) is 11.0. The first-order chi connectivity index (χ1) is 54.4. The van der Waals surface area contributed by atoms with Crippen LogP contribution in [0.1, 0.15) is 319 Å². The minimum absolute atomic E-state index is 0. The highest BCUT2D eigenvalue weighted by Gasteiger charge is 2.54. The Hall–Kier alpha value is -5.67. The molecule has 14 saturated carbocycles. The molecule has 634 valence electrons. The van der Waals surface area contributed by atoms with E-state index in [0.29, 0.717) is 17.9 Å². The van der Waals surface area contributed by atoms with Gasteiger partial charge in [-0.2, -0.15) is 44.9 Å². The summed E-state index contributed by atoms with van der Waals surface area (Å²) >= 11 is 0. The quantitative estimate of drug-likeness (QED) is 0.0148. The van der Waals surface area contributed by atoms with E-state index in [4.69, 9.17) is 44.9 Å². The molecule has 4 aromatic rings. The molecule has 3 heterocycles. The Morgan fingerprint density at radius 3 is 0.965 bits per heavy atom. The van der Waals surface area contributed by atoms with Crippen LogP contribution in [0.2, 0.25) is 0 Å². The number of hydrogen-bond donors (Lipinski definition) is 9. The number of benzene rings is 1. The Kier molecular flexibility index (Phi) is 34.9. The van der Waals surface area contributed by atoms with E-state index in [1.807, 2.05) is 0 Å². The molecule has 9 N–H and O–H groups in total. The van der Waals surface area contributed by atoms with Gasteiger partial charge in [-0.25, -0.2) is 0 Å². The molecule has 0 radical (unpaired) electrons. The average molecular weight is 1560 g/mol. The SMILES string of the molecule is C.C.CCCCN(CCCC)CCCNc1nc(NC2CCCCCC2)nc(NC23CC4CC(CC(C4)C2)C3)n1.CCCCN(CCCC)CCCNc1nc(NCC2CCCCC2)nc(NC23CC4CC(CC(C4)C2)C3)n1.CCN(CC)CCCNc1nc(NCCc2ccccc2)nc(NC23CC4CC(CC(C4)C2)C3)n1. The van der Waals surface area contributed by atoms with Crippen LogP contribution in [0.5, 0.6) is 0 Å². The molecule has 12 bridgehead atoms. The monoisotopic (exact) mass is 1560 g/mol. The van der Waals surface area contributed by atoms with Gasteiger partial charge >= 0.3 is 0 Å². The minimum Gasteiger partial charge on any atom is -0.354 e. The Morgan fingerprint density at radius 1 is 0.319 bits per heavy atom. The first-order valence-corrected chi connectivity index (χ1v) is 46.7. The molecule has 14 fully saturated rings. The van der Waals surface area contributed by atoms with Gasteiger partial charge in [-0.15, -0.1) is 0 Å². The molecule has 18 rings (SSSR count). The van der Waals surface area contributed by atoms with Crippen molar-refractivity contribution in [2.24, 2.45) is 59.2 Å². The summed E-state index contributed by atoms with van der Waals surface area (Å²) in [6.07, 6.45) is 53.6. The number of anilines is 9. The first-order valence-electron chi connectivity index (χ1n) is 46.7. The maximum absolute atomic E-state index is 4.97. The Labute approximate surface area is 686 Å². The molecule has 0 amide bonds. The maximum atomic E-state index is 4.97. The van der Waals surface area contributed by atoms with E-state index in [1.165, 1.54) is 269 Å². The zero-order valence-corrected chi connectivity index (χ0v) is 70.5. The lowest BCUT2D eigenvalue weighted by Gasteiger charge is -2.56. The summed E-state index contributed by atoms with van der Waals surface area (Å²) in [5.41, 5.74) is 1.90. The van der Waals surface area contributed by atoms with Crippen LogP contribution >= 0.6 is 0 Å². The van der Waals surface area contributed by atoms with Gasteiger partial charge in [0.1, 0.15) is 0 Å². The van der Waals surface area contributed by atoms with E-state index < -0.39 is 0 Å². The van der Waals surface area contributed by atoms with Crippen molar-refractivity contribution in [1.29, 1.82) is 0 Å². The zero-order chi connectivity index (χ0) is 76.5. The van der Waals surface area contributed by atoms with E-state index >= 15 is 0 Å². The molecular formula is C92H161N21. The van der Waals surface area contributed by atoms with Crippen LogP contribution in [0.3, 0.4) is 0 Å². The number of aromatic nitrogens is 9. The molecule has 14 aliphatic rings. The van der Waals surface area contributed by atoms with Crippen LogP contribution in [-0.4, -0.2) is 174 Å². The third kappa shape index (κ3) is 26.9. The summed E-state index contributed by atoms with van der Waals surface area (Å²) in [6.45, 7) is 28.5. The highest BCUT2D eigenvalue weighted by molar-refractivity contribution is 5.47. The lowest BCUT2D eigenvalue weighted by molar-refractivity contribution is 0.0102. The molecule has 0 unspecified atom stereocenters. The number of rotatable bonds is 44. The smallest absolute Gasteiger partial charge is 0.229 e. The van der Waals surface area contributed by atoms with Gasteiger partial charge in [-0.05, 0) is 316 Å². The summed E-state index contributed by atoms with van der Waals surface area (Å²) in [7, 11) is 0. The van der Waals surface area contributed by atoms with Crippen LogP contribution in [-0.2, 0) is 6.42 Å². The van der Waals surface area contributed by atoms with Crippen LogP contribution in [0.15, 0.2) is 30.3 Å². The van der Waals surface area contributed by atoms with Crippen molar-refractivity contribution >= 4 is 53.5 Å². The van der Waals surface area contributed by atoms with Gasteiger partial charge in [0.05, 0.1) is 0 Å². The Balaban J connectivity index is 0.000000166. The highest BCUT2D eigenvalue weighted by atomic mass is 15.3. The average Bonchev–Trinajstić information content (AvgIpc) is 0.826. The van der Waals surface area contributed by atoms with Crippen molar-refractivity contribution in [2.45, 2.75) is 342 Å². The Morgan fingerprint density at radius 2 is 0.611 bits per heavy atom. The van der Waals surface area contributed by atoms with Crippen molar-refractivity contribution < 1.29 is 0 Å². The zero-order valence-electron chi connectivity index (χ0n) is 70.5. The lowest BCUT2D eigenvalue weighted by Crippen LogP contribution is -2.55. The fourth-order valence-electron chi connectivity index (χ4n) is 23.7. The molecule has 0 atom stereocenters. The van der Waals surface area contributed by atoms with Gasteiger partial charge in [0.15, 0.2) is 0 Å². The van der Waals surface area contributed by atoms with Crippen molar-refractivity contribution in [1.82, 2.24) is 59.6 Å². The minimum atomic E-state index is 0.